The van der Waals surface area contributed by atoms with E-state index in [2.05, 4.69) is 54.7 Å². The molecule has 6 heteroatoms. The molecule has 0 spiro atoms. The van der Waals surface area contributed by atoms with Gasteiger partial charge in [-0.15, -0.1) is 12.4 Å². The Bertz CT molecular complexity index is 1020. The third-order valence-electron chi connectivity index (χ3n) is 5.72. The van der Waals surface area contributed by atoms with E-state index in [1.165, 1.54) is 16.3 Å². The lowest BCUT2D eigenvalue weighted by atomic mass is 9.99. The average molecular weight is 459 g/mol. The smallest absolute Gasteiger partial charge is 0.248 e. The van der Waals surface area contributed by atoms with Crippen LogP contribution in [-0.2, 0) is 16.0 Å². The molecule has 0 aliphatic carbocycles. The Morgan fingerprint density at radius 3 is 2.74 bits per heavy atom. The van der Waals surface area contributed by atoms with Gasteiger partial charge in [0, 0.05) is 30.7 Å². The van der Waals surface area contributed by atoms with Gasteiger partial charge < -0.3 is 15.0 Å². The summed E-state index contributed by atoms with van der Waals surface area (Å²) in [6, 6.07) is 22.8. The number of nitrogens with zero attached hydrogens (tertiary/aromatic N) is 1. The van der Waals surface area contributed by atoms with Crippen LogP contribution in [0.4, 0.5) is 0 Å². The van der Waals surface area contributed by atoms with E-state index in [1.54, 1.807) is 0 Å². The van der Waals surface area contributed by atoms with Crippen molar-refractivity contribution >= 4 is 40.7 Å². The summed E-state index contributed by atoms with van der Waals surface area (Å²) >= 11 is 6.07. The van der Waals surface area contributed by atoms with Crippen molar-refractivity contribution in [3.8, 4) is 0 Å². The Morgan fingerprint density at radius 2 is 1.90 bits per heavy atom. The number of hydrogen-bond donors (Lipinski definition) is 1. The zero-order chi connectivity index (χ0) is 20.9. The summed E-state index contributed by atoms with van der Waals surface area (Å²) in [5.74, 6) is 0.0513. The van der Waals surface area contributed by atoms with Gasteiger partial charge in [-0.3, -0.25) is 4.79 Å². The maximum Gasteiger partial charge on any atom is 0.248 e. The first-order valence-electron chi connectivity index (χ1n) is 10.4. The van der Waals surface area contributed by atoms with E-state index in [-0.39, 0.29) is 37.1 Å². The van der Waals surface area contributed by atoms with E-state index in [0.717, 1.165) is 17.0 Å². The minimum atomic E-state index is -0.0144. The molecule has 4 rings (SSSR count). The normalized spacial score (nSPS) is 17.4. The van der Waals surface area contributed by atoms with Gasteiger partial charge in [-0.25, -0.2) is 0 Å². The molecule has 0 bridgehead atoms. The molecule has 1 fully saturated rings. The molecule has 1 unspecified atom stereocenters. The molecule has 2 atom stereocenters. The molecule has 164 valence electrons. The Hall–Kier alpha value is -2.11. The summed E-state index contributed by atoms with van der Waals surface area (Å²) in [4.78, 5) is 14.2. The van der Waals surface area contributed by atoms with Crippen molar-refractivity contribution in [1.29, 1.82) is 0 Å². The number of ether oxygens (including phenoxy) is 1. The number of halogens is 2. The summed E-state index contributed by atoms with van der Waals surface area (Å²) in [7, 11) is 0. The van der Waals surface area contributed by atoms with E-state index in [0.29, 0.717) is 19.6 Å². The second kappa shape index (κ2) is 11.0. The Balaban J connectivity index is 0.00000272. The van der Waals surface area contributed by atoms with Crippen LogP contribution in [0.5, 0.6) is 0 Å². The first-order valence-corrected chi connectivity index (χ1v) is 10.8. The van der Waals surface area contributed by atoms with E-state index in [1.807, 2.05) is 29.2 Å². The van der Waals surface area contributed by atoms with Gasteiger partial charge in [0.2, 0.25) is 5.91 Å². The van der Waals surface area contributed by atoms with Crippen molar-refractivity contribution in [1.82, 2.24) is 10.2 Å². The predicted octanol–water partition coefficient (Wildman–Crippen LogP) is 5.04. The van der Waals surface area contributed by atoms with Gasteiger partial charge in [0.05, 0.1) is 6.10 Å². The third-order valence-corrected chi connectivity index (χ3v) is 5.96. The molecule has 1 aliphatic rings. The van der Waals surface area contributed by atoms with Crippen LogP contribution >= 0.6 is 24.0 Å². The lowest BCUT2D eigenvalue weighted by Crippen LogP contribution is -2.50. The lowest BCUT2D eigenvalue weighted by Gasteiger charge is -2.33. The van der Waals surface area contributed by atoms with Crippen molar-refractivity contribution in [3.63, 3.8) is 0 Å². The van der Waals surface area contributed by atoms with E-state index in [4.69, 9.17) is 16.3 Å². The van der Waals surface area contributed by atoms with Crippen LogP contribution in [0.3, 0.4) is 0 Å². The molecule has 0 radical (unpaired) electrons. The molecule has 3 aromatic carbocycles. The second-order valence-electron chi connectivity index (χ2n) is 7.85. The number of carbonyl (C=O) groups is 1. The molecule has 1 saturated heterocycles. The number of morpholine rings is 1. The SMILES string of the molecule is C[C@@H](NCC1CN(CCc2cccc(Cl)c2)C(=O)CO1)c1cccc2ccccc12.Cl. The summed E-state index contributed by atoms with van der Waals surface area (Å²) < 4.78 is 5.79. The number of carbonyl (C=O) groups excluding carboxylic acids is 1. The van der Waals surface area contributed by atoms with Crippen LogP contribution in [0.25, 0.3) is 10.8 Å². The molecule has 1 N–H and O–H groups in total. The van der Waals surface area contributed by atoms with Crippen molar-refractivity contribution in [3.05, 3.63) is 82.9 Å². The zero-order valence-corrected chi connectivity index (χ0v) is 19.2. The highest BCUT2D eigenvalue weighted by molar-refractivity contribution is 6.30. The van der Waals surface area contributed by atoms with E-state index < -0.39 is 0 Å². The molecule has 31 heavy (non-hydrogen) atoms. The molecule has 1 aliphatic heterocycles. The highest BCUT2D eigenvalue weighted by Gasteiger charge is 2.26. The zero-order valence-electron chi connectivity index (χ0n) is 17.6. The van der Waals surface area contributed by atoms with Crippen LogP contribution in [0.2, 0.25) is 5.02 Å². The Kier molecular flexibility index (Phi) is 8.33. The first kappa shape index (κ1) is 23.6. The summed E-state index contributed by atoms with van der Waals surface area (Å²) in [5, 5.41) is 6.84. The molecule has 0 aromatic heterocycles. The molecule has 0 saturated carbocycles. The highest BCUT2D eigenvalue weighted by atomic mass is 35.5. The number of rotatable bonds is 7. The van der Waals surface area contributed by atoms with Crippen LogP contribution < -0.4 is 5.32 Å². The quantitative estimate of drug-likeness (QED) is 0.539. The minimum Gasteiger partial charge on any atom is -0.365 e. The summed E-state index contributed by atoms with van der Waals surface area (Å²) in [6.45, 7) is 4.30. The molecule has 4 nitrogen and oxygen atoms in total. The molecular weight excluding hydrogens is 431 g/mol. The number of amides is 1. The van der Waals surface area contributed by atoms with Gasteiger partial charge >= 0.3 is 0 Å². The second-order valence-corrected chi connectivity index (χ2v) is 8.29. The van der Waals surface area contributed by atoms with Crippen molar-refractivity contribution in [2.24, 2.45) is 0 Å². The number of benzene rings is 3. The molecule has 1 amide bonds. The Labute approximate surface area is 194 Å². The Morgan fingerprint density at radius 1 is 1.13 bits per heavy atom. The summed E-state index contributed by atoms with van der Waals surface area (Å²) in [5.41, 5.74) is 2.42. The average Bonchev–Trinajstić information content (AvgIpc) is 2.77. The number of nitrogens with one attached hydrogen (secondary N) is 1. The topological polar surface area (TPSA) is 41.6 Å². The minimum absolute atomic E-state index is 0. The standard InChI is InChI=1S/C25H27ClN2O2.ClH/c1-18(23-11-5-8-20-7-2-3-10-24(20)23)27-15-22-16-28(25(29)17-30-22)13-12-19-6-4-9-21(26)14-19;/h2-11,14,18,22,27H,12-13,15-17H2,1H3;1H/t18-,22?;/m1./s1. The fourth-order valence-electron chi connectivity index (χ4n) is 4.02. The summed E-state index contributed by atoms with van der Waals surface area (Å²) in [6.07, 6.45) is 0.776. The van der Waals surface area contributed by atoms with Crippen molar-refractivity contribution in [2.45, 2.75) is 25.5 Å². The highest BCUT2D eigenvalue weighted by Crippen LogP contribution is 2.24. The maximum atomic E-state index is 12.3. The van der Waals surface area contributed by atoms with Crippen LogP contribution in [-0.4, -0.2) is 43.2 Å². The largest absolute Gasteiger partial charge is 0.365 e. The molecular formula is C25H28Cl2N2O2. The van der Waals surface area contributed by atoms with E-state index >= 15 is 0 Å². The van der Waals surface area contributed by atoms with Gasteiger partial charge in [0.15, 0.2) is 0 Å². The molecule has 3 aromatic rings. The fourth-order valence-corrected chi connectivity index (χ4v) is 4.24. The van der Waals surface area contributed by atoms with Crippen molar-refractivity contribution < 1.29 is 9.53 Å². The fraction of sp³-hybridized carbons (Fsp3) is 0.320. The number of fused-ring (bicyclic) bond motifs is 1. The van der Waals surface area contributed by atoms with Gasteiger partial charge in [0.1, 0.15) is 6.61 Å². The third kappa shape index (κ3) is 5.98. The van der Waals surface area contributed by atoms with E-state index in [9.17, 15) is 4.79 Å². The molecule has 1 heterocycles. The van der Waals surface area contributed by atoms with Gasteiger partial charge in [-0.1, -0.05) is 66.2 Å². The van der Waals surface area contributed by atoms with Gasteiger partial charge in [-0.05, 0) is 47.4 Å². The lowest BCUT2D eigenvalue weighted by molar-refractivity contribution is -0.148. The first-order chi connectivity index (χ1) is 14.6. The maximum absolute atomic E-state index is 12.3. The van der Waals surface area contributed by atoms with Crippen LogP contribution in [0.15, 0.2) is 66.7 Å². The van der Waals surface area contributed by atoms with Gasteiger partial charge in [-0.2, -0.15) is 0 Å². The van der Waals surface area contributed by atoms with Crippen LogP contribution in [0, 0.1) is 0 Å². The number of hydrogen-bond acceptors (Lipinski definition) is 3. The van der Waals surface area contributed by atoms with Crippen LogP contribution in [0.1, 0.15) is 24.1 Å². The van der Waals surface area contributed by atoms with Gasteiger partial charge in [0.25, 0.3) is 0 Å². The van der Waals surface area contributed by atoms with Crippen molar-refractivity contribution in [2.75, 3.05) is 26.2 Å². The predicted molar refractivity (Wildman–Crippen MR) is 129 cm³/mol. The monoisotopic (exact) mass is 458 g/mol.